The average molecular weight is 391 g/mol. The lowest BCUT2D eigenvalue weighted by Crippen LogP contribution is -2.26. The predicted octanol–water partition coefficient (Wildman–Crippen LogP) is 4.77. The average Bonchev–Trinajstić information content (AvgIpc) is 2.62. The largest absolute Gasteiger partial charge is 0.435 e. The molecule has 0 radical (unpaired) electrons. The van der Waals surface area contributed by atoms with Crippen molar-refractivity contribution in [2.45, 2.75) is 20.0 Å². The number of aryl methyl sites for hydroxylation is 1. The highest BCUT2D eigenvalue weighted by Gasteiger charge is 2.12. The number of fused-ring (bicyclic) bond motifs is 1. The first kappa shape index (κ1) is 19.0. The molecule has 0 spiro atoms. The van der Waals surface area contributed by atoms with Crippen LogP contribution in [0, 0.1) is 6.92 Å². The molecule has 0 fully saturated rings. The number of rotatable bonds is 6. The van der Waals surface area contributed by atoms with E-state index in [4.69, 9.17) is 11.6 Å². The summed E-state index contributed by atoms with van der Waals surface area (Å²) in [6.07, 6.45) is 0.562. The summed E-state index contributed by atoms with van der Waals surface area (Å²) in [5, 5.41) is 4.23. The summed E-state index contributed by atoms with van der Waals surface area (Å²) in [7, 11) is 0. The highest BCUT2D eigenvalue weighted by Crippen LogP contribution is 2.21. The highest BCUT2D eigenvalue weighted by molar-refractivity contribution is 6.31. The standard InChI is InChI=1S/C20H17ClF2N2O2/c1-12-17(11-14-10-15(21)4-7-18(14)25-12)19(26)24-9-8-13-2-5-16(6-3-13)27-20(22)23/h2-7,10-11,20H,8-9H2,1H3,(H,24,26). The maximum Gasteiger partial charge on any atom is 0.387 e. The van der Waals surface area contributed by atoms with E-state index in [0.717, 1.165) is 16.5 Å². The third-order valence-electron chi connectivity index (χ3n) is 4.06. The van der Waals surface area contributed by atoms with Gasteiger partial charge in [0, 0.05) is 17.0 Å². The van der Waals surface area contributed by atoms with Gasteiger partial charge in [0.05, 0.1) is 16.8 Å². The summed E-state index contributed by atoms with van der Waals surface area (Å²) in [4.78, 5) is 16.9. The van der Waals surface area contributed by atoms with Crippen LogP contribution in [-0.2, 0) is 6.42 Å². The van der Waals surface area contributed by atoms with Gasteiger partial charge in [0.1, 0.15) is 5.75 Å². The van der Waals surface area contributed by atoms with Crippen molar-refractivity contribution in [2.75, 3.05) is 6.54 Å². The normalized spacial score (nSPS) is 11.0. The first-order valence-corrected chi connectivity index (χ1v) is 8.69. The Morgan fingerprint density at radius 3 is 2.63 bits per heavy atom. The van der Waals surface area contributed by atoms with Gasteiger partial charge in [-0.15, -0.1) is 0 Å². The van der Waals surface area contributed by atoms with Gasteiger partial charge in [-0.2, -0.15) is 8.78 Å². The summed E-state index contributed by atoms with van der Waals surface area (Å²) < 4.78 is 28.6. The molecule has 0 saturated heterocycles. The molecular weight excluding hydrogens is 374 g/mol. The van der Waals surface area contributed by atoms with Gasteiger partial charge in [0.25, 0.3) is 5.91 Å². The van der Waals surface area contributed by atoms with E-state index in [2.05, 4.69) is 15.0 Å². The zero-order valence-corrected chi connectivity index (χ0v) is 15.3. The summed E-state index contributed by atoms with van der Waals surface area (Å²) in [5.41, 5.74) is 2.80. The second kappa shape index (κ2) is 8.31. The van der Waals surface area contributed by atoms with Crippen LogP contribution in [0.15, 0.2) is 48.5 Å². The Morgan fingerprint density at radius 2 is 1.93 bits per heavy atom. The number of nitrogens with one attached hydrogen (secondary N) is 1. The lowest BCUT2D eigenvalue weighted by Gasteiger charge is -2.10. The van der Waals surface area contributed by atoms with Gasteiger partial charge in [0.2, 0.25) is 0 Å². The van der Waals surface area contributed by atoms with Crippen molar-refractivity contribution in [3.63, 3.8) is 0 Å². The van der Waals surface area contributed by atoms with E-state index in [1.807, 2.05) is 6.07 Å². The van der Waals surface area contributed by atoms with E-state index < -0.39 is 6.61 Å². The van der Waals surface area contributed by atoms with Crippen molar-refractivity contribution >= 4 is 28.4 Å². The molecule has 0 bridgehead atoms. The minimum Gasteiger partial charge on any atom is -0.435 e. The Hall–Kier alpha value is -2.73. The summed E-state index contributed by atoms with van der Waals surface area (Å²) in [5.74, 6) is -0.117. The minimum absolute atomic E-state index is 0.106. The molecule has 1 aromatic heterocycles. The highest BCUT2D eigenvalue weighted by atomic mass is 35.5. The van der Waals surface area contributed by atoms with Gasteiger partial charge in [-0.3, -0.25) is 9.78 Å². The number of aromatic nitrogens is 1. The van der Waals surface area contributed by atoms with Crippen LogP contribution in [0.4, 0.5) is 8.78 Å². The van der Waals surface area contributed by atoms with Crippen LogP contribution in [0.1, 0.15) is 21.6 Å². The number of alkyl halides is 2. The van der Waals surface area contributed by atoms with E-state index in [-0.39, 0.29) is 11.7 Å². The van der Waals surface area contributed by atoms with Crippen molar-refractivity contribution in [2.24, 2.45) is 0 Å². The predicted molar refractivity (Wildman–Crippen MR) is 101 cm³/mol. The molecule has 0 saturated carbocycles. The molecule has 3 rings (SSSR count). The number of hydrogen-bond donors (Lipinski definition) is 1. The van der Waals surface area contributed by atoms with Crippen LogP contribution in [0.2, 0.25) is 5.02 Å². The van der Waals surface area contributed by atoms with E-state index >= 15 is 0 Å². The molecule has 7 heteroatoms. The van der Waals surface area contributed by atoms with Crippen molar-refractivity contribution in [1.29, 1.82) is 0 Å². The van der Waals surface area contributed by atoms with Gasteiger partial charge in [-0.05, 0) is 55.3 Å². The second-order valence-electron chi connectivity index (χ2n) is 5.99. The summed E-state index contributed by atoms with van der Waals surface area (Å²) in [6, 6.07) is 13.4. The van der Waals surface area contributed by atoms with E-state index in [1.165, 1.54) is 12.1 Å². The van der Waals surface area contributed by atoms with Crippen LogP contribution in [0.3, 0.4) is 0 Å². The molecule has 1 amide bonds. The Morgan fingerprint density at radius 1 is 1.19 bits per heavy atom. The quantitative estimate of drug-likeness (QED) is 0.659. The number of benzene rings is 2. The van der Waals surface area contributed by atoms with E-state index in [0.29, 0.717) is 29.2 Å². The SMILES string of the molecule is Cc1nc2ccc(Cl)cc2cc1C(=O)NCCc1ccc(OC(F)F)cc1. The molecule has 0 unspecified atom stereocenters. The van der Waals surface area contributed by atoms with Gasteiger partial charge < -0.3 is 10.1 Å². The maximum absolute atomic E-state index is 12.5. The van der Waals surface area contributed by atoms with Crippen LogP contribution >= 0.6 is 11.6 Å². The van der Waals surface area contributed by atoms with E-state index in [9.17, 15) is 13.6 Å². The van der Waals surface area contributed by atoms with Crippen LogP contribution < -0.4 is 10.1 Å². The fraction of sp³-hybridized carbons (Fsp3) is 0.200. The van der Waals surface area contributed by atoms with Crippen LogP contribution in [-0.4, -0.2) is 24.0 Å². The monoisotopic (exact) mass is 390 g/mol. The Bertz CT molecular complexity index is 962. The fourth-order valence-electron chi connectivity index (χ4n) is 2.73. The lowest BCUT2D eigenvalue weighted by molar-refractivity contribution is -0.0498. The second-order valence-corrected chi connectivity index (χ2v) is 6.42. The minimum atomic E-state index is -2.84. The van der Waals surface area contributed by atoms with Crippen molar-refractivity contribution < 1.29 is 18.3 Å². The molecule has 0 atom stereocenters. The number of nitrogens with zero attached hydrogens (tertiary/aromatic N) is 1. The number of hydrogen-bond acceptors (Lipinski definition) is 3. The van der Waals surface area contributed by atoms with Crippen LogP contribution in [0.25, 0.3) is 10.9 Å². The van der Waals surface area contributed by atoms with Crippen molar-refractivity contribution in [3.8, 4) is 5.75 Å². The Balaban J connectivity index is 1.62. The zero-order chi connectivity index (χ0) is 19.4. The van der Waals surface area contributed by atoms with Crippen molar-refractivity contribution in [3.05, 3.63) is 70.4 Å². The Labute approximate surface area is 160 Å². The van der Waals surface area contributed by atoms with Gasteiger partial charge in [0.15, 0.2) is 0 Å². The number of pyridine rings is 1. The Kier molecular flexibility index (Phi) is 5.86. The number of carbonyl (C=O) groups is 1. The number of carbonyl (C=O) groups excluding carboxylic acids is 1. The first-order chi connectivity index (χ1) is 12.9. The summed E-state index contributed by atoms with van der Waals surface area (Å²) in [6.45, 7) is -0.658. The number of ether oxygens (including phenoxy) is 1. The molecular formula is C20H17ClF2N2O2. The third-order valence-corrected chi connectivity index (χ3v) is 4.29. The molecule has 0 aliphatic heterocycles. The fourth-order valence-corrected chi connectivity index (χ4v) is 2.91. The molecule has 0 aliphatic rings. The van der Waals surface area contributed by atoms with Crippen molar-refractivity contribution in [1.82, 2.24) is 10.3 Å². The number of amides is 1. The van der Waals surface area contributed by atoms with Gasteiger partial charge in [-0.25, -0.2) is 0 Å². The van der Waals surface area contributed by atoms with Crippen LogP contribution in [0.5, 0.6) is 5.75 Å². The molecule has 0 aliphatic carbocycles. The molecule has 140 valence electrons. The number of halogens is 3. The molecule has 4 nitrogen and oxygen atoms in total. The van der Waals surface area contributed by atoms with Gasteiger partial charge >= 0.3 is 6.61 Å². The molecule has 2 aromatic carbocycles. The summed E-state index contributed by atoms with van der Waals surface area (Å²) >= 11 is 6.00. The van der Waals surface area contributed by atoms with Gasteiger partial charge in [-0.1, -0.05) is 23.7 Å². The smallest absolute Gasteiger partial charge is 0.387 e. The third kappa shape index (κ3) is 4.92. The zero-order valence-electron chi connectivity index (χ0n) is 14.5. The maximum atomic E-state index is 12.5. The molecule has 3 aromatic rings. The molecule has 1 N–H and O–H groups in total. The molecule has 1 heterocycles. The first-order valence-electron chi connectivity index (χ1n) is 8.31. The van der Waals surface area contributed by atoms with E-state index in [1.54, 1.807) is 37.3 Å². The molecule has 27 heavy (non-hydrogen) atoms. The lowest BCUT2D eigenvalue weighted by atomic mass is 10.1. The topological polar surface area (TPSA) is 51.2 Å².